The molecular weight excluding hydrogens is 277 g/mol. The lowest BCUT2D eigenvalue weighted by Crippen LogP contribution is -2.00. The van der Waals surface area contributed by atoms with Crippen molar-refractivity contribution in [2.75, 3.05) is 0 Å². The van der Waals surface area contributed by atoms with Crippen LogP contribution in [0.15, 0.2) is 23.6 Å². The molecule has 1 heterocycles. The van der Waals surface area contributed by atoms with Gasteiger partial charge in [-0.25, -0.2) is 9.37 Å². The van der Waals surface area contributed by atoms with E-state index < -0.39 is 11.9 Å². The second kappa shape index (κ2) is 6.33. The Balaban J connectivity index is 2.03. The summed E-state index contributed by atoms with van der Waals surface area (Å²) in [6, 6.07) is 4.48. The fourth-order valence-electron chi connectivity index (χ4n) is 1.70. The Morgan fingerprint density at radius 1 is 1.35 bits per heavy atom. The number of benzene rings is 1. The van der Waals surface area contributed by atoms with Crippen molar-refractivity contribution in [3.63, 3.8) is 0 Å². The maximum absolute atomic E-state index is 13.8. The third kappa shape index (κ3) is 3.55. The SMILES string of the molecule is CC(C)c1nc(COc2ccc([C@H](C)O)cc2F)cs1. The van der Waals surface area contributed by atoms with Gasteiger partial charge in [-0.3, -0.25) is 0 Å². The summed E-state index contributed by atoms with van der Waals surface area (Å²) in [6.45, 7) is 6.00. The number of ether oxygens (including phenoxy) is 1. The van der Waals surface area contributed by atoms with E-state index in [-0.39, 0.29) is 12.4 Å². The van der Waals surface area contributed by atoms with Crippen molar-refractivity contribution >= 4 is 11.3 Å². The predicted octanol–water partition coefficient (Wildman–Crippen LogP) is 4.04. The van der Waals surface area contributed by atoms with Crippen LogP contribution in [0.3, 0.4) is 0 Å². The molecule has 0 aliphatic carbocycles. The number of halogens is 1. The summed E-state index contributed by atoms with van der Waals surface area (Å²) in [5, 5.41) is 12.4. The third-order valence-corrected chi connectivity index (χ3v) is 4.07. The third-order valence-electron chi connectivity index (χ3n) is 2.88. The van der Waals surface area contributed by atoms with Crippen LogP contribution in [0.5, 0.6) is 5.75 Å². The van der Waals surface area contributed by atoms with Gasteiger partial charge in [0.2, 0.25) is 0 Å². The van der Waals surface area contributed by atoms with Crippen LogP contribution in [0.4, 0.5) is 4.39 Å². The molecule has 0 amide bonds. The minimum absolute atomic E-state index is 0.175. The molecule has 0 unspecified atom stereocenters. The van der Waals surface area contributed by atoms with Gasteiger partial charge in [0, 0.05) is 11.3 Å². The minimum Gasteiger partial charge on any atom is -0.484 e. The minimum atomic E-state index is -0.689. The summed E-state index contributed by atoms with van der Waals surface area (Å²) in [6.07, 6.45) is -0.689. The highest BCUT2D eigenvalue weighted by Crippen LogP contribution is 2.24. The lowest BCUT2D eigenvalue weighted by molar-refractivity contribution is 0.198. The summed E-state index contributed by atoms with van der Waals surface area (Å²) in [4.78, 5) is 4.43. The van der Waals surface area contributed by atoms with E-state index in [0.29, 0.717) is 11.5 Å². The normalized spacial score (nSPS) is 12.7. The number of rotatable bonds is 5. The molecule has 1 aromatic heterocycles. The van der Waals surface area contributed by atoms with Crippen LogP contribution in [-0.4, -0.2) is 10.1 Å². The molecule has 0 saturated carbocycles. The molecule has 20 heavy (non-hydrogen) atoms. The Morgan fingerprint density at radius 2 is 2.10 bits per heavy atom. The van der Waals surface area contributed by atoms with E-state index in [2.05, 4.69) is 18.8 Å². The van der Waals surface area contributed by atoms with E-state index in [1.54, 1.807) is 24.3 Å². The molecule has 5 heteroatoms. The second-order valence-electron chi connectivity index (χ2n) is 4.99. The molecule has 1 atom stereocenters. The molecule has 3 nitrogen and oxygen atoms in total. The lowest BCUT2D eigenvalue weighted by Gasteiger charge is -2.09. The van der Waals surface area contributed by atoms with Crippen molar-refractivity contribution in [2.24, 2.45) is 0 Å². The number of hydrogen-bond acceptors (Lipinski definition) is 4. The van der Waals surface area contributed by atoms with Crippen molar-refractivity contribution in [3.8, 4) is 5.75 Å². The molecule has 0 fully saturated rings. The molecule has 0 spiro atoms. The maximum atomic E-state index is 13.8. The van der Waals surface area contributed by atoms with Crippen LogP contribution < -0.4 is 4.74 Å². The molecule has 108 valence electrons. The lowest BCUT2D eigenvalue weighted by atomic mass is 10.1. The average Bonchev–Trinajstić information content (AvgIpc) is 2.86. The van der Waals surface area contributed by atoms with Crippen LogP contribution in [0.2, 0.25) is 0 Å². The van der Waals surface area contributed by atoms with E-state index in [9.17, 15) is 9.50 Å². The number of aliphatic hydroxyl groups is 1. The maximum Gasteiger partial charge on any atom is 0.165 e. The largest absolute Gasteiger partial charge is 0.484 e. The zero-order valence-corrected chi connectivity index (χ0v) is 12.6. The van der Waals surface area contributed by atoms with Gasteiger partial charge in [-0.15, -0.1) is 11.3 Å². The number of hydrogen-bond donors (Lipinski definition) is 1. The van der Waals surface area contributed by atoms with Crippen molar-refractivity contribution in [1.82, 2.24) is 4.98 Å². The van der Waals surface area contributed by atoms with Crippen LogP contribution >= 0.6 is 11.3 Å². The summed E-state index contributed by atoms with van der Waals surface area (Å²) >= 11 is 1.59. The molecule has 2 rings (SSSR count). The number of aromatic nitrogens is 1. The molecule has 2 aromatic rings. The van der Waals surface area contributed by atoms with E-state index in [1.807, 2.05) is 5.38 Å². The second-order valence-corrected chi connectivity index (χ2v) is 5.88. The van der Waals surface area contributed by atoms with Gasteiger partial charge >= 0.3 is 0 Å². The van der Waals surface area contributed by atoms with Gasteiger partial charge in [0.1, 0.15) is 6.61 Å². The zero-order chi connectivity index (χ0) is 14.7. The van der Waals surface area contributed by atoms with Crippen LogP contribution in [0, 0.1) is 5.82 Å². The van der Waals surface area contributed by atoms with Gasteiger partial charge in [0.25, 0.3) is 0 Å². The standard InChI is InChI=1S/C15H18FNO2S/c1-9(2)15-17-12(8-20-15)7-19-14-5-4-11(10(3)18)6-13(14)16/h4-6,8-10,18H,7H2,1-3H3/t10-/m0/s1. The molecule has 0 saturated heterocycles. The van der Waals surface area contributed by atoms with Gasteiger partial charge in [0.15, 0.2) is 11.6 Å². The van der Waals surface area contributed by atoms with Gasteiger partial charge in [0.05, 0.1) is 16.8 Å². The van der Waals surface area contributed by atoms with Gasteiger partial charge in [-0.2, -0.15) is 0 Å². The first-order valence-corrected chi connectivity index (χ1v) is 7.40. The molecule has 0 aliphatic heterocycles. The van der Waals surface area contributed by atoms with Gasteiger partial charge < -0.3 is 9.84 Å². The number of nitrogens with zero attached hydrogens (tertiary/aromatic N) is 1. The van der Waals surface area contributed by atoms with Crippen LogP contribution in [0.25, 0.3) is 0 Å². The fourth-order valence-corrected chi connectivity index (χ4v) is 2.52. The summed E-state index contributed by atoms with van der Waals surface area (Å²) in [7, 11) is 0. The first-order chi connectivity index (χ1) is 9.47. The summed E-state index contributed by atoms with van der Waals surface area (Å²) in [5.74, 6) is 0.0898. The quantitative estimate of drug-likeness (QED) is 0.905. The van der Waals surface area contributed by atoms with Gasteiger partial charge in [-0.05, 0) is 24.6 Å². The molecule has 0 radical (unpaired) electrons. The van der Waals surface area contributed by atoms with E-state index in [1.165, 1.54) is 12.1 Å². The Labute approximate surface area is 122 Å². The highest BCUT2D eigenvalue weighted by atomic mass is 32.1. The van der Waals surface area contributed by atoms with E-state index in [0.717, 1.165) is 10.7 Å². The molecule has 0 aliphatic rings. The summed E-state index contributed by atoms with van der Waals surface area (Å²) in [5.41, 5.74) is 1.34. The monoisotopic (exact) mass is 295 g/mol. The van der Waals surface area contributed by atoms with Gasteiger partial charge in [-0.1, -0.05) is 19.9 Å². The highest BCUT2D eigenvalue weighted by Gasteiger charge is 2.10. The van der Waals surface area contributed by atoms with Crippen molar-refractivity contribution in [2.45, 2.75) is 39.4 Å². The Kier molecular flexibility index (Phi) is 4.73. The fraction of sp³-hybridized carbons (Fsp3) is 0.400. The van der Waals surface area contributed by atoms with Crippen LogP contribution in [0.1, 0.15) is 49.1 Å². The highest BCUT2D eigenvalue weighted by molar-refractivity contribution is 7.09. The Bertz CT molecular complexity index is 581. The van der Waals surface area contributed by atoms with E-state index in [4.69, 9.17) is 4.74 Å². The smallest absolute Gasteiger partial charge is 0.165 e. The van der Waals surface area contributed by atoms with Crippen molar-refractivity contribution < 1.29 is 14.2 Å². The molecule has 0 bridgehead atoms. The molecule has 1 N–H and O–H groups in total. The first kappa shape index (κ1) is 14.9. The average molecular weight is 295 g/mol. The molecular formula is C15H18FNO2S. The Morgan fingerprint density at radius 3 is 2.65 bits per heavy atom. The predicted molar refractivity (Wildman–Crippen MR) is 77.6 cm³/mol. The zero-order valence-electron chi connectivity index (χ0n) is 11.8. The Hall–Kier alpha value is -1.46. The van der Waals surface area contributed by atoms with Crippen molar-refractivity contribution in [1.29, 1.82) is 0 Å². The number of aliphatic hydroxyl groups excluding tert-OH is 1. The summed E-state index contributed by atoms with van der Waals surface area (Å²) < 4.78 is 19.2. The van der Waals surface area contributed by atoms with Crippen molar-refractivity contribution in [3.05, 3.63) is 45.7 Å². The molecule has 1 aromatic carbocycles. The number of thiazole rings is 1. The van der Waals surface area contributed by atoms with Crippen LogP contribution in [-0.2, 0) is 6.61 Å². The topological polar surface area (TPSA) is 42.4 Å². The van der Waals surface area contributed by atoms with E-state index >= 15 is 0 Å². The first-order valence-electron chi connectivity index (χ1n) is 6.52.